The first-order chi connectivity index (χ1) is 40.1. The van der Waals surface area contributed by atoms with Crippen LogP contribution in [0.5, 0.6) is 0 Å². The van der Waals surface area contributed by atoms with Gasteiger partial charge in [0, 0.05) is 76.7 Å². The molecule has 1 aromatic carbocycles. The van der Waals surface area contributed by atoms with Crippen molar-refractivity contribution in [3.63, 3.8) is 0 Å². The van der Waals surface area contributed by atoms with Gasteiger partial charge >= 0.3 is 5.97 Å². The maximum atomic E-state index is 13.9. The normalized spacial score (nSPS) is 12.5. The first-order valence-corrected chi connectivity index (χ1v) is 28.0. The largest absolute Gasteiger partial charge is 0.480 e. The Morgan fingerprint density at radius 1 is 0.607 bits per heavy atom. The SMILES string of the molecule is CCC(=O)N(O)CCCC[C@H](NC(=O)[C@H](CCCCN(O)C(=O)CC)NC(=O)[C@@H](N)CCCCN(O)C(=O)CC)C(=O)NCCOCCOCCNC(=O)CCC(NC(=O)c1ccc(N(C)Cc2cnc3nc(N)nc(N)c3n2)cc1)C(=O)O. The molecule has 1 unspecified atom stereocenters. The van der Waals surface area contributed by atoms with Gasteiger partial charge in [-0.15, -0.1) is 0 Å². The number of unbranched alkanes of at least 4 members (excludes halogenated alkanes) is 3. The Kier molecular flexibility index (Phi) is 31.8. The third-order valence-corrected chi connectivity index (χ3v) is 13.0. The molecule has 0 aliphatic rings. The van der Waals surface area contributed by atoms with Gasteiger partial charge in [0.05, 0.1) is 50.9 Å². The highest BCUT2D eigenvalue weighted by Crippen LogP contribution is 2.19. The molecule has 3 aromatic rings. The Hall–Kier alpha value is -7.97. The zero-order valence-electron chi connectivity index (χ0n) is 48.3. The summed E-state index contributed by atoms with van der Waals surface area (Å²) in [5, 5.41) is 54.6. The van der Waals surface area contributed by atoms with Crippen LogP contribution < -0.4 is 48.7 Å². The number of amides is 8. The van der Waals surface area contributed by atoms with Gasteiger partial charge in [-0.3, -0.25) is 54.0 Å². The lowest BCUT2D eigenvalue weighted by Gasteiger charge is -2.25. The van der Waals surface area contributed by atoms with Gasteiger partial charge in [-0.05, 0) is 88.5 Å². The Labute approximate surface area is 487 Å². The van der Waals surface area contributed by atoms with Crippen LogP contribution in [0.15, 0.2) is 30.5 Å². The minimum atomic E-state index is -1.36. The smallest absolute Gasteiger partial charge is 0.326 e. The lowest BCUT2D eigenvalue weighted by Crippen LogP contribution is -2.56. The molecular formula is C53H84N16O15. The van der Waals surface area contributed by atoms with E-state index in [0.717, 1.165) is 0 Å². The molecule has 466 valence electrons. The van der Waals surface area contributed by atoms with Gasteiger partial charge < -0.3 is 63.3 Å². The molecule has 0 saturated heterocycles. The topological polar surface area (TPSA) is 456 Å². The molecule has 3 rings (SSSR count). The number of nitrogens with zero attached hydrogens (tertiary/aromatic N) is 8. The highest BCUT2D eigenvalue weighted by molar-refractivity contribution is 5.97. The number of anilines is 3. The summed E-state index contributed by atoms with van der Waals surface area (Å²) in [4.78, 5) is 132. The number of nitrogens with one attached hydrogen (secondary N) is 5. The van der Waals surface area contributed by atoms with Crippen molar-refractivity contribution in [3.8, 4) is 0 Å². The number of aromatic nitrogens is 4. The molecular weight excluding hydrogens is 1100 g/mol. The Balaban J connectivity index is 1.44. The van der Waals surface area contributed by atoms with Crippen molar-refractivity contribution in [2.75, 3.05) is 82.6 Å². The number of carboxylic acids is 1. The quantitative estimate of drug-likeness (QED) is 0.0204. The van der Waals surface area contributed by atoms with E-state index in [2.05, 4.69) is 46.5 Å². The highest BCUT2D eigenvalue weighted by atomic mass is 16.5. The van der Waals surface area contributed by atoms with Crippen LogP contribution in [0.3, 0.4) is 0 Å². The number of hydrogen-bond acceptors (Lipinski definition) is 22. The standard InChI is InChI=1S/C53H84N16O15/c1-5-42(71)67(80)25-11-8-14-37(54)49(75)61-39(16-10-13-27-69(82)44(73)7-3)51(77)62-38(15-9-12-26-68(81)43(72)6-2)50(76)58-24-29-84-31-30-83-28-23-57-41(70)22-21-40(52(78)79)63-48(74)34-17-19-36(20-18-34)66(4)33-35-32-59-47-45(60-35)46(55)64-53(56)65-47/h17-20,32,37-40,80-82H,5-16,21-31,33,54H2,1-4H3,(H,57,70)(H,58,76)(H,61,75)(H,62,77)(H,63,74)(H,78,79)(H4,55,56,59,64,65)/t37-,38-,39-,40?/m0/s1. The van der Waals surface area contributed by atoms with Crippen molar-refractivity contribution >= 4 is 81.8 Å². The number of fused-ring (bicyclic) bond motifs is 1. The van der Waals surface area contributed by atoms with Crippen LogP contribution in [0.1, 0.15) is 127 Å². The zero-order valence-corrected chi connectivity index (χ0v) is 48.3. The number of hydrogen-bond donors (Lipinski definition) is 12. The fourth-order valence-corrected chi connectivity index (χ4v) is 8.06. The minimum absolute atomic E-state index is 0.0108. The summed E-state index contributed by atoms with van der Waals surface area (Å²) in [6, 6.07) is 1.67. The van der Waals surface area contributed by atoms with Crippen LogP contribution in [0, 0.1) is 0 Å². The fourth-order valence-electron chi connectivity index (χ4n) is 8.06. The van der Waals surface area contributed by atoms with E-state index in [1.807, 2.05) is 4.90 Å². The van der Waals surface area contributed by atoms with Crippen LogP contribution in [-0.2, 0) is 54.4 Å². The lowest BCUT2D eigenvalue weighted by molar-refractivity contribution is -0.165. The fraction of sp³-hybridized carbons (Fsp3) is 0.604. The highest BCUT2D eigenvalue weighted by Gasteiger charge is 2.29. The third kappa shape index (κ3) is 25.7. The van der Waals surface area contributed by atoms with Crippen molar-refractivity contribution in [1.29, 1.82) is 0 Å². The summed E-state index contributed by atoms with van der Waals surface area (Å²) in [7, 11) is 1.80. The molecule has 31 heteroatoms. The number of nitrogens with two attached hydrogens (primary N) is 3. The van der Waals surface area contributed by atoms with E-state index in [0.29, 0.717) is 51.5 Å². The summed E-state index contributed by atoms with van der Waals surface area (Å²) < 4.78 is 11.1. The van der Waals surface area contributed by atoms with E-state index >= 15 is 0 Å². The maximum Gasteiger partial charge on any atom is 0.326 e. The van der Waals surface area contributed by atoms with Crippen molar-refractivity contribution in [2.24, 2.45) is 5.73 Å². The first-order valence-electron chi connectivity index (χ1n) is 28.0. The monoisotopic (exact) mass is 1180 g/mol. The summed E-state index contributed by atoms with van der Waals surface area (Å²) >= 11 is 0. The van der Waals surface area contributed by atoms with Gasteiger partial charge in [0.2, 0.25) is 47.3 Å². The molecule has 0 spiro atoms. The van der Waals surface area contributed by atoms with Crippen LogP contribution in [0.4, 0.5) is 17.5 Å². The first kappa shape index (κ1) is 70.3. The van der Waals surface area contributed by atoms with Gasteiger partial charge in [0.1, 0.15) is 18.1 Å². The Morgan fingerprint density at radius 2 is 1.12 bits per heavy atom. The van der Waals surface area contributed by atoms with Gasteiger partial charge in [0.25, 0.3) is 5.91 Å². The molecule has 8 amide bonds. The molecule has 2 heterocycles. The summed E-state index contributed by atoms with van der Waals surface area (Å²) in [6.07, 6.45) is 3.49. The van der Waals surface area contributed by atoms with Gasteiger partial charge in [-0.25, -0.2) is 30.0 Å². The summed E-state index contributed by atoms with van der Waals surface area (Å²) in [6.45, 7) is 5.53. The zero-order chi connectivity index (χ0) is 62.1. The molecule has 15 N–H and O–H groups in total. The van der Waals surface area contributed by atoms with Crippen LogP contribution in [0.2, 0.25) is 0 Å². The molecule has 4 atom stereocenters. The second-order valence-electron chi connectivity index (χ2n) is 19.5. The Morgan fingerprint density at radius 3 is 1.65 bits per heavy atom. The number of carboxylic acid groups (broad SMARTS) is 1. The van der Waals surface area contributed by atoms with Crippen LogP contribution in [0.25, 0.3) is 11.2 Å². The van der Waals surface area contributed by atoms with E-state index in [1.165, 1.54) is 18.3 Å². The molecule has 84 heavy (non-hydrogen) atoms. The van der Waals surface area contributed by atoms with Gasteiger partial charge in [-0.1, -0.05) is 20.8 Å². The number of benzene rings is 1. The van der Waals surface area contributed by atoms with Crippen molar-refractivity contribution < 1.29 is 73.4 Å². The van der Waals surface area contributed by atoms with E-state index in [1.54, 1.807) is 40.0 Å². The van der Waals surface area contributed by atoms with E-state index in [9.17, 15) is 63.9 Å². The van der Waals surface area contributed by atoms with Gasteiger partial charge in [-0.2, -0.15) is 9.97 Å². The molecule has 2 aromatic heterocycles. The lowest BCUT2D eigenvalue weighted by atomic mass is 10.0. The van der Waals surface area contributed by atoms with E-state index in [-0.39, 0.29) is 159 Å². The Bertz CT molecular complexity index is 2620. The number of carbonyl (C=O) groups excluding carboxylic acids is 8. The number of hydroxylamine groups is 6. The average Bonchev–Trinajstić information content (AvgIpc) is 2.71. The minimum Gasteiger partial charge on any atom is -0.480 e. The summed E-state index contributed by atoms with van der Waals surface area (Å²) in [5.41, 5.74) is 19.8. The van der Waals surface area contributed by atoms with Crippen LogP contribution in [-0.4, -0.2) is 199 Å². The molecule has 0 radical (unpaired) electrons. The van der Waals surface area contributed by atoms with Gasteiger partial charge in [0.15, 0.2) is 17.0 Å². The predicted octanol–water partition coefficient (Wildman–Crippen LogP) is 0.141. The van der Waals surface area contributed by atoms with E-state index < -0.39 is 77.4 Å². The summed E-state index contributed by atoms with van der Waals surface area (Å²) in [5.74, 6) is -5.77. The van der Waals surface area contributed by atoms with Crippen molar-refractivity contribution in [3.05, 3.63) is 41.7 Å². The molecule has 0 aliphatic carbocycles. The number of carbonyl (C=O) groups is 9. The third-order valence-electron chi connectivity index (χ3n) is 13.0. The maximum absolute atomic E-state index is 13.9. The second-order valence-corrected chi connectivity index (χ2v) is 19.5. The molecule has 0 aliphatic heterocycles. The number of aliphatic carboxylic acids is 1. The number of nitrogen functional groups attached to an aromatic ring is 2. The van der Waals surface area contributed by atoms with Crippen molar-refractivity contribution in [2.45, 2.75) is 141 Å². The number of rotatable bonds is 41. The molecule has 0 fully saturated rings. The molecule has 0 bridgehead atoms. The predicted molar refractivity (Wildman–Crippen MR) is 303 cm³/mol. The van der Waals surface area contributed by atoms with Crippen molar-refractivity contribution in [1.82, 2.24) is 61.7 Å². The van der Waals surface area contributed by atoms with E-state index in [4.69, 9.17) is 26.7 Å². The molecule has 31 nitrogen and oxygen atoms in total. The average molecular weight is 1190 g/mol. The number of ether oxygens (including phenoxy) is 2. The molecule has 0 saturated carbocycles. The second kappa shape index (κ2) is 38.0. The van der Waals surface area contributed by atoms with Crippen LogP contribution >= 0.6 is 0 Å².